The molecule has 13 heavy (non-hydrogen) atoms. The van der Waals surface area contributed by atoms with Crippen LogP contribution >= 0.6 is 0 Å². The van der Waals surface area contributed by atoms with E-state index in [0.29, 0.717) is 5.82 Å². The Morgan fingerprint density at radius 2 is 2.46 bits per heavy atom. The van der Waals surface area contributed by atoms with Gasteiger partial charge in [-0.25, -0.2) is 4.98 Å². The minimum atomic E-state index is 0.628. The number of hydrogen-bond acceptors (Lipinski definition) is 3. The Bertz CT molecular complexity index is 279. The van der Waals surface area contributed by atoms with Crippen LogP contribution in [0.5, 0.6) is 0 Å². The third-order valence-electron chi connectivity index (χ3n) is 2.49. The lowest BCUT2D eigenvalue weighted by atomic mass is 10.0. The molecule has 0 saturated carbocycles. The van der Waals surface area contributed by atoms with Crippen molar-refractivity contribution in [1.82, 2.24) is 10.3 Å². The van der Waals surface area contributed by atoms with E-state index in [-0.39, 0.29) is 0 Å². The average Bonchev–Trinajstić information content (AvgIpc) is 2.57. The minimum Gasteiger partial charge on any atom is -0.384 e. The summed E-state index contributed by atoms with van der Waals surface area (Å²) in [6.07, 6.45) is 2.31. The van der Waals surface area contributed by atoms with Gasteiger partial charge in [0.15, 0.2) is 0 Å². The maximum atomic E-state index is 5.61. The summed E-state index contributed by atoms with van der Waals surface area (Å²) in [5, 5.41) is 3.35. The molecular weight excluding hydrogens is 162 g/mol. The first-order valence-electron chi connectivity index (χ1n) is 4.77. The second-order valence-corrected chi connectivity index (χ2v) is 3.62. The molecule has 1 aliphatic rings. The Hall–Kier alpha value is -1.09. The Morgan fingerprint density at radius 3 is 3.15 bits per heavy atom. The predicted molar refractivity (Wildman–Crippen MR) is 53.3 cm³/mol. The Kier molecular flexibility index (Phi) is 2.45. The first-order chi connectivity index (χ1) is 6.34. The van der Waals surface area contributed by atoms with Gasteiger partial charge in [-0.3, -0.25) is 0 Å². The lowest BCUT2D eigenvalue weighted by molar-refractivity contribution is 0.572. The lowest BCUT2D eigenvalue weighted by Gasteiger charge is -2.07. The van der Waals surface area contributed by atoms with Gasteiger partial charge in [0.2, 0.25) is 0 Å². The monoisotopic (exact) mass is 177 g/mol. The molecule has 1 aromatic heterocycles. The zero-order valence-electron chi connectivity index (χ0n) is 7.66. The molecular formula is C10H15N3. The topological polar surface area (TPSA) is 50.9 Å². The number of hydrogen-bond donors (Lipinski definition) is 2. The SMILES string of the molecule is Nc1cccc(CC2CCNC2)n1. The second-order valence-electron chi connectivity index (χ2n) is 3.62. The molecule has 3 heteroatoms. The first kappa shape index (κ1) is 8.51. The molecule has 3 nitrogen and oxygen atoms in total. The van der Waals surface area contributed by atoms with E-state index >= 15 is 0 Å². The van der Waals surface area contributed by atoms with Gasteiger partial charge in [-0.2, -0.15) is 0 Å². The number of anilines is 1. The van der Waals surface area contributed by atoms with E-state index < -0.39 is 0 Å². The van der Waals surface area contributed by atoms with Gasteiger partial charge < -0.3 is 11.1 Å². The van der Waals surface area contributed by atoms with Gasteiger partial charge in [0.05, 0.1) is 0 Å². The van der Waals surface area contributed by atoms with E-state index in [1.807, 2.05) is 12.1 Å². The fourth-order valence-electron chi connectivity index (χ4n) is 1.80. The van der Waals surface area contributed by atoms with Gasteiger partial charge in [0.1, 0.15) is 5.82 Å². The van der Waals surface area contributed by atoms with E-state index in [2.05, 4.69) is 16.4 Å². The molecule has 1 saturated heterocycles. The predicted octanol–water partition coefficient (Wildman–Crippen LogP) is 0.816. The smallest absolute Gasteiger partial charge is 0.123 e. The molecule has 1 atom stereocenters. The highest BCUT2D eigenvalue weighted by molar-refractivity contribution is 5.28. The molecule has 0 amide bonds. The standard InChI is InChI=1S/C10H15N3/c11-10-3-1-2-9(13-10)6-8-4-5-12-7-8/h1-3,8,12H,4-7H2,(H2,11,13). The number of nitrogens with one attached hydrogen (secondary N) is 1. The molecule has 0 aromatic carbocycles. The summed E-state index contributed by atoms with van der Waals surface area (Å²) in [6.45, 7) is 2.27. The van der Waals surface area contributed by atoms with Gasteiger partial charge in [0, 0.05) is 5.69 Å². The van der Waals surface area contributed by atoms with Crippen molar-refractivity contribution in [3.05, 3.63) is 23.9 Å². The van der Waals surface area contributed by atoms with E-state index in [4.69, 9.17) is 5.73 Å². The molecule has 0 bridgehead atoms. The number of pyridine rings is 1. The highest BCUT2D eigenvalue weighted by atomic mass is 14.9. The van der Waals surface area contributed by atoms with Crippen LogP contribution in [0.1, 0.15) is 12.1 Å². The average molecular weight is 177 g/mol. The third kappa shape index (κ3) is 2.18. The maximum absolute atomic E-state index is 5.61. The van der Waals surface area contributed by atoms with Crippen molar-refractivity contribution in [1.29, 1.82) is 0 Å². The van der Waals surface area contributed by atoms with Crippen molar-refractivity contribution in [3.63, 3.8) is 0 Å². The van der Waals surface area contributed by atoms with E-state index in [1.165, 1.54) is 6.42 Å². The Balaban J connectivity index is 2.00. The molecule has 3 N–H and O–H groups in total. The van der Waals surface area contributed by atoms with Crippen LogP contribution in [-0.2, 0) is 6.42 Å². The zero-order chi connectivity index (χ0) is 9.10. The first-order valence-corrected chi connectivity index (χ1v) is 4.77. The van der Waals surface area contributed by atoms with Gasteiger partial charge >= 0.3 is 0 Å². The summed E-state index contributed by atoms with van der Waals surface area (Å²) in [4.78, 5) is 4.29. The van der Waals surface area contributed by atoms with Crippen LogP contribution in [0.25, 0.3) is 0 Å². The number of nitrogens with two attached hydrogens (primary N) is 1. The molecule has 0 spiro atoms. The van der Waals surface area contributed by atoms with Crippen LogP contribution in [0.15, 0.2) is 18.2 Å². The summed E-state index contributed by atoms with van der Waals surface area (Å²) >= 11 is 0. The maximum Gasteiger partial charge on any atom is 0.123 e. The van der Waals surface area contributed by atoms with Gasteiger partial charge in [-0.1, -0.05) is 6.07 Å². The highest BCUT2D eigenvalue weighted by Gasteiger charge is 2.15. The van der Waals surface area contributed by atoms with Crippen molar-refractivity contribution in [2.24, 2.45) is 5.92 Å². The minimum absolute atomic E-state index is 0.628. The fraction of sp³-hybridized carbons (Fsp3) is 0.500. The summed E-state index contributed by atoms with van der Waals surface area (Å²) < 4.78 is 0. The largest absolute Gasteiger partial charge is 0.384 e. The van der Waals surface area contributed by atoms with Crippen molar-refractivity contribution in [3.8, 4) is 0 Å². The molecule has 1 aliphatic heterocycles. The van der Waals surface area contributed by atoms with Crippen LogP contribution < -0.4 is 11.1 Å². The van der Waals surface area contributed by atoms with Crippen molar-refractivity contribution in [2.45, 2.75) is 12.8 Å². The summed E-state index contributed by atoms with van der Waals surface area (Å²) in [5.41, 5.74) is 6.73. The fourth-order valence-corrected chi connectivity index (χ4v) is 1.80. The van der Waals surface area contributed by atoms with Crippen LogP contribution in [-0.4, -0.2) is 18.1 Å². The van der Waals surface area contributed by atoms with E-state index in [9.17, 15) is 0 Å². The molecule has 0 aliphatic carbocycles. The molecule has 0 radical (unpaired) electrons. The number of rotatable bonds is 2. The second kappa shape index (κ2) is 3.75. The van der Waals surface area contributed by atoms with Gasteiger partial charge in [-0.05, 0) is 44.0 Å². The summed E-state index contributed by atoms with van der Waals surface area (Å²) in [7, 11) is 0. The third-order valence-corrected chi connectivity index (χ3v) is 2.49. The molecule has 1 aromatic rings. The molecule has 2 rings (SSSR count). The molecule has 70 valence electrons. The zero-order valence-corrected chi connectivity index (χ0v) is 7.66. The molecule has 1 fully saturated rings. The van der Waals surface area contributed by atoms with E-state index in [1.54, 1.807) is 0 Å². The molecule has 1 unspecified atom stereocenters. The number of nitrogens with zero attached hydrogens (tertiary/aromatic N) is 1. The Morgan fingerprint density at radius 1 is 1.54 bits per heavy atom. The molecule has 2 heterocycles. The number of nitrogen functional groups attached to an aromatic ring is 1. The Labute approximate surface area is 78.4 Å². The summed E-state index contributed by atoms with van der Waals surface area (Å²) in [5.74, 6) is 1.37. The lowest BCUT2D eigenvalue weighted by Crippen LogP contribution is -2.11. The quantitative estimate of drug-likeness (QED) is 0.703. The number of aromatic nitrogens is 1. The van der Waals surface area contributed by atoms with Crippen molar-refractivity contribution in [2.75, 3.05) is 18.8 Å². The van der Waals surface area contributed by atoms with Crippen molar-refractivity contribution >= 4 is 5.82 Å². The summed E-state index contributed by atoms with van der Waals surface area (Å²) in [6, 6.07) is 5.85. The van der Waals surface area contributed by atoms with Crippen molar-refractivity contribution < 1.29 is 0 Å². The normalized spacial score (nSPS) is 22.0. The van der Waals surface area contributed by atoms with Crippen LogP contribution in [0.4, 0.5) is 5.82 Å². The van der Waals surface area contributed by atoms with Gasteiger partial charge in [-0.15, -0.1) is 0 Å². The van der Waals surface area contributed by atoms with Gasteiger partial charge in [0.25, 0.3) is 0 Å². The van der Waals surface area contributed by atoms with Crippen LogP contribution in [0, 0.1) is 5.92 Å². The highest BCUT2D eigenvalue weighted by Crippen LogP contribution is 2.14. The van der Waals surface area contributed by atoms with E-state index in [0.717, 1.165) is 31.1 Å². The van der Waals surface area contributed by atoms with Crippen LogP contribution in [0.2, 0.25) is 0 Å². The van der Waals surface area contributed by atoms with Crippen LogP contribution in [0.3, 0.4) is 0 Å².